The largest absolute Gasteiger partial charge is 0.280 e. The van der Waals surface area contributed by atoms with Crippen LogP contribution < -0.4 is 4.72 Å². The Morgan fingerprint density at radius 3 is 2.42 bits per heavy atom. The second-order valence-electron chi connectivity index (χ2n) is 4.38. The van der Waals surface area contributed by atoms with E-state index in [-0.39, 0.29) is 4.90 Å². The van der Waals surface area contributed by atoms with E-state index in [1.165, 1.54) is 0 Å². The van der Waals surface area contributed by atoms with Crippen LogP contribution in [0.1, 0.15) is 11.1 Å². The van der Waals surface area contributed by atoms with Gasteiger partial charge in [-0.15, -0.1) is 0 Å². The Hall–Kier alpha value is -1.52. The first-order chi connectivity index (χ1) is 8.88. The van der Waals surface area contributed by atoms with Gasteiger partial charge in [0, 0.05) is 5.02 Å². The highest BCUT2D eigenvalue weighted by Gasteiger charge is 2.16. The zero-order chi connectivity index (χ0) is 14.0. The molecule has 0 unspecified atom stereocenters. The van der Waals surface area contributed by atoms with Crippen molar-refractivity contribution in [2.75, 3.05) is 4.72 Å². The zero-order valence-electron chi connectivity index (χ0n) is 10.6. The summed E-state index contributed by atoms with van der Waals surface area (Å²) in [5.41, 5.74) is 2.20. The average Bonchev–Trinajstić information content (AvgIpc) is 2.27. The summed E-state index contributed by atoms with van der Waals surface area (Å²) in [6.07, 6.45) is 0. The predicted molar refractivity (Wildman–Crippen MR) is 78.2 cm³/mol. The van der Waals surface area contributed by atoms with Crippen molar-refractivity contribution >= 4 is 27.3 Å². The number of hydrogen-bond acceptors (Lipinski definition) is 2. The Morgan fingerprint density at radius 1 is 1.05 bits per heavy atom. The fourth-order valence-electron chi connectivity index (χ4n) is 1.86. The maximum absolute atomic E-state index is 12.3. The molecule has 1 N–H and O–H groups in total. The molecule has 0 aliphatic carbocycles. The van der Waals surface area contributed by atoms with E-state index in [4.69, 9.17) is 11.6 Å². The lowest BCUT2D eigenvalue weighted by Crippen LogP contribution is -2.14. The highest BCUT2D eigenvalue weighted by Crippen LogP contribution is 2.22. The number of hydrogen-bond donors (Lipinski definition) is 1. The van der Waals surface area contributed by atoms with E-state index in [1.54, 1.807) is 43.3 Å². The first-order valence-corrected chi connectivity index (χ1v) is 7.60. The average molecular weight is 296 g/mol. The maximum atomic E-state index is 12.3. The number of sulfonamides is 1. The van der Waals surface area contributed by atoms with E-state index < -0.39 is 10.0 Å². The Bertz CT molecular complexity index is 711. The van der Waals surface area contributed by atoms with Gasteiger partial charge < -0.3 is 0 Å². The van der Waals surface area contributed by atoms with E-state index in [2.05, 4.69) is 4.72 Å². The van der Waals surface area contributed by atoms with Gasteiger partial charge in [-0.25, -0.2) is 8.42 Å². The van der Waals surface area contributed by atoms with Crippen LogP contribution in [0, 0.1) is 13.8 Å². The summed E-state index contributed by atoms with van der Waals surface area (Å²) in [6, 6.07) is 11.8. The smallest absolute Gasteiger partial charge is 0.262 e. The monoisotopic (exact) mass is 295 g/mol. The second-order valence-corrected chi connectivity index (χ2v) is 6.47. The van der Waals surface area contributed by atoms with Gasteiger partial charge in [-0.2, -0.15) is 0 Å². The minimum absolute atomic E-state index is 0.276. The summed E-state index contributed by atoms with van der Waals surface area (Å²) in [6.45, 7) is 3.70. The number of rotatable bonds is 3. The van der Waals surface area contributed by atoms with Crippen molar-refractivity contribution in [3.05, 3.63) is 58.6 Å². The van der Waals surface area contributed by atoms with Crippen LogP contribution in [0.2, 0.25) is 5.02 Å². The summed E-state index contributed by atoms with van der Waals surface area (Å²) >= 11 is 5.84. The molecule has 0 atom stereocenters. The molecule has 0 aliphatic rings. The van der Waals surface area contributed by atoms with Gasteiger partial charge in [-0.3, -0.25) is 4.72 Å². The van der Waals surface area contributed by atoms with Crippen molar-refractivity contribution in [2.24, 2.45) is 0 Å². The number of halogens is 1. The third-order valence-corrected chi connectivity index (χ3v) is 4.47. The zero-order valence-corrected chi connectivity index (χ0v) is 12.2. The molecule has 0 spiro atoms. The second kappa shape index (κ2) is 5.23. The van der Waals surface area contributed by atoms with Crippen LogP contribution in [0.3, 0.4) is 0 Å². The molecule has 0 heterocycles. The lowest BCUT2D eigenvalue weighted by Gasteiger charge is -2.11. The number of benzene rings is 2. The third-order valence-electron chi connectivity index (χ3n) is 2.70. The van der Waals surface area contributed by atoms with Gasteiger partial charge in [0.05, 0.1) is 10.6 Å². The molecule has 0 fully saturated rings. The molecule has 3 nitrogen and oxygen atoms in total. The van der Waals surface area contributed by atoms with E-state index in [0.717, 1.165) is 11.1 Å². The lowest BCUT2D eigenvalue weighted by atomic mass is 10.2. The van der Waals surface area contributed by atoms with E-state index >= 15 is 0 Å². The van der Waals surface area contributed by atoms with E-state index in [1.807, 2.05) is 13.0 Å². The molecule has 5 heteroatoms. The van der Waals surface area contributed by atoms with Crippen molar-refractivity contribution in [2.45, 2.75) is 18.7 Å². The van der Waals surface area contributed by atoms with Crippen molar-refractivity contribution in [3.8, 4) is 0 Å². The van der Waals surface area contributed by atoms with Gasteiger partial charge in [0.1, 0.15) is 0 Å². The third kappa shape index (κ3) is 3.28. The molecular formula is C14H14ClNO2S. The molecule has 19 heavy (non-hydrogen) atoms. The standard InChI is InChI=1S/C14H14ClNO2S/c1-10-6-7-14(11(2)8-10)19(17,18)16-13-5-3-4-12(15)9-13/h3-9,16H,1-2H3. The molecule has 0 radical (unpaired) electrons. The summed E-state index contributed by atoms with van der Waals surface area (Å²) in [4.78, 5) is 0.276. The van der Waals surface area contributed by atoms with Crippen molar-refractivity contribution in [1.29, 1.82) is 0 Å². The Morgan fingerprint density at radius 2 is 1.79 bits per heavy atom. The van der Waals surface area contributed by atoms with Crippen LogP contribution in [0.25, 0.3) is 0 Å². The molecule has 2 rings (SSSR count). The molecule has 0 aromatic heterocycles. The van der Waals surface area contributed by atoms with Crippen LogP contribution in [-0.4, -0.2) is 8.42 Å². The molecule has 0 aliphatic heterocycles. The van der Waals surface area contributed by atoms with E-state index in [9.17, 15) is 8.42 Å². The van der Waals surface area contributed by atoms with Crippen LogP contribution in [-0.2, 0) is 10.0 Å². The highest BCUT2D eigenvalue weighted by molar-refractivity contribution is 7.92. The van der Waals surface area contributed by atoms with Gasteiger partial charge in [-0.1, -0.05) is 35.4 Å². The van der Waals surface area contributed by atoms with Crippen LogP contribution in [0.5, 0.6) is 0 Å². The molecule has 0 bridgehead atoms. The molecule has 0 saturated carbocycles. The minimum Gasteiger partial charge on any atom is -0.280 e. The maximum Gasteiger partial charge on any atom is 0.262 e. The van der Waals surface area contributed by atoms with Crippen LogP contribution in [0.4, 0.5) is 5.69 Å². The van der Waals surface area contributed by atoms with Crippen molar-refractivity contribution < 1.29 is 8.42 Å². The number of aryl methyl sites for hydroxylation is 2. The molecule has 0 amide bonds. The van der Waals surface area contributed by atoms with Gasteiger partial charge in [-0.05, 0) is 43.7 Å². The number of anilines is 1. The van der Waals surface area contributed by atoms with Gasteiger partial charge in [0.15, 0.2) is 0 Å². The summed E-state index contributed by atoms with van der Waals surface area (Å²) in [5, 5.41) is 0.487. The van der Waals surface area contributed by atoms with Crippen LogP contribution >= 0.6 is 11.6 Å². The molecular weight excluding hydrogens is 282 g/mol. The Balaban J connectivity index is 2.38. The molecule has 2 aromatic carbocycles. The quantitative estimate of drug-likeness (QED) is 0.937. The number of nitrogens with one attached hydrogen (secondary N) is 1. The van der Waals surface area contributed by atoms with Gasteiger partial charge in [0.2, 0.25) is 0 Å². The molecule has 100 valence electrons. The topological polar surface area (TPSA) is 46.2 Å². The molecule has 2 aromatic rings. The molecule has 0 saturated heterocycles. The summed E-state index contributed by atoms with van der Waals surface area (Å²) in [7, 11) is -3.59. The van der Waals surface area contributed by atoms with Crippen molar-refractivity contribution in [3.63, 3.8) is 0 Å². The summed E-state index contributed by atoms with van der Waals surface area (Å²) < 4.78 is 27.1. The lowest BCUT2D eigenvalue weighted by molar-refractivity contribution is 0.600. The first kappa shape index (κ1) is 13.9. The first-order valence-electron chi connectivity index (χ1n) is 5.74. The highest BCUT2D eigenvalue weighted by atomic mass is 35.5. The Labute approximate surface area is 118 Å². The Kier molecular flexibility index (Phi) is 3.83. The normalized spacial score (nSPS) is 11.3. The van der Waals surface area contributed by atoms with Crippen LogP contribution in [0.15, 0.2) is 47.4 Å². The van der Waals surface area contributed by atoms with E-state index in [0.29, 0.717) is 10.7 Å². The van der Waals surface area contributed by atoms with Gasteiger partial charge >= 0.3 is 0 Å². The predicted octanol–water partition coefficient (Wildman–Crippen LogP) is 3.76. The van der Waals surface area contributed by atoms with Crippen molar-refractivity contribution in [1.82, 2.24) is 0 Å². The SMILES string of the molecule is Cc1ccc(S(=O)(=O)Nc2cccc(Cl)c2)c(C)c1. The summed E-state index contributed by atoms with van der Waals surface area (Å²) in [5.74, 6) is 0. The fourth-order valence-corrected chi connectivity index (χ4v) is 3.33. The fraction of sp³-hybridized carbons (Fsp3) is 0.143. The minimum atomic E-state index is -3.59. The van der Waals surface area contributed by atoms with Gasteiger partial charge in [0.25, 0.3) is 10.0 Å².